The highest BCUT2D eigenvalue weighted by Crippen LogP contribution is 2.51. The highest BCUT2D eigenvalue weighted by molar-refractivity contribution is 6.11. The monoisotopic (exact) mass is 601 g/mol. The molecule has 0 spiro atoms. The average molecular weight is 602 g/mol. The fraction of sp³-hybridized carbons (Fsp3) is 0.0870. The summed E-state index contributed by atoms with van der Waals surface area (Å²) in [5.74, 6) is 0.103. The number of fused-ring (bicyclic) bond motifs is 6. The highest BCUT2D eigenvalue weighted by Gasteiger charge is 2.36. The standard InChI is InChI=1S/C46H35N/c1-46(2)41-22-11-9-20-37(41)39-29-40-38-21-10-12-23-43(38)47(44(40)30-42(39)46)36-19-13-18-35(28-36)45(33-16-7-4-8-17-33)34-26-24-32(25-27-34)31-14-5-3-6-15-31/h3-30,45H,1-2H3. The number of hydrogen-bond acceptors (Lipinski definition) is 0. The Morgan fingerprint density at radius 3 is 1.87 bits per heavy atom. The van der Waals surface area contributed by atoms with Gasteiger partial charge in [-0.15, -0.1) is 0 Å². The van der Waals surface area contributed by atoms with Crippen LogP contribution in [0.5, 0.6) is 0 Å². The molecule has 0 saturated heterocycles. The normalized spacial score (nSPS) is 13.8. The van der Waals surface area contributed by atoms with Crippen LogP contribution in [0.3, 0.4) is 0 Å². The Kier molecular flexibility index (Phi) is 6.30. The number of para-hydroxylation sites is 1. The van der Waals surface area contributed by atoms with Crippen LogP contribution in [0.1, 0.15) is 47.6 Å². The second kappa shape index (κ2) is 10.7. The molecule has 1 aromatic heterocycles. The Hall–Kier alpha value is -5.66. The van der Waals surface area contributed by atoms with Crippen LogP contribution in [0.15, 0.2) is 170 Å². The predicted octanol–water partition coefficient (Wildman–Crippen LogP) is 11.9. The first-order valence-electron chi connectivity index (χ1n) is 16.6. The molecule has 1 heterocycles. The van der Waals surface area contributed by atoms with E-state index in [1.807, 2.05) is 0 Å². The maximum atomic E-state index is 2.48. The molecule has 224 valence electrons. The first kappa shape index (κ1) is 27.6. The van der Waals surface area contributed by atoms with Crippen LogP contribution in [0.25, 0.3) is 49.7 Å². The zero-order valence-electron chi connectivity index (χ0n) is 26.7. The molecule has 9 rings (SSSR count). The van der Waals surface area contributed by atoms with Crippen LogP contribution in [0, 0.1) is 0 Å². The van der Waals surface area contributed by atoms with Gasteiger partial charge < -0.3 is 4.57 Å². The van der Waals surface area contributed by atoms with E-state index in [1.54, 1.807) is 0 Å². The molecular formula is C46H35N. The Balaban J connectivity index is 1.23. The van der Waals surface area contributed by atoms with Gasteiger partial charge in [0, 0.05) is 27.8 Å². The number of hydrogen-bond donors (Lipinski definition) is 0. The van der Waals surface area contributed by atoms with Gasteiger partial charge in [0.1, 0.15) is 0 Å². The topological polar surface area (TPSA) is 4.93 Å². The molecule has 1 atom stereocenters. The molecule has 1 unspecified atom stereocenters. The van der Waals surface area contributed by atoms with Crippen molar-refractivity contribution in [3.63, 3.8) is 0 Å². The molecule has 0 fully saturated rings. The minimum atomic E-state index is -0.0619. The summed E-state index contributed by atoms with van der Waals surface area (Å²) in [7, 11) is 0. The number of aromatic nitrogens is 1. The van der Waals surface area contributed by atoms with E-state index in [4.69, 9.17) is 0 Å². The first-order chi connectivity index (χ1) is 23.1. The molecule has 8 aromatic rings. The minimum absolute atomic E-state index is 0.0619. The van der Waals surface area contributed by atoms with Gasteiger partial charge in [0.15, 0.2) is 0 Å². The number of rotatable bonds is 5. The van der Waals surface area contributed by atoms with Gasteiger partial charge in [0.05, 0.1) is 11.0 Å². The van der Waals surface area contributed by atoms with Gasteiger partial charge >= 0.3 is 0 Å². The lowest BCUT2D eigenvalue weighted by atomic mass is 9.82. The minimum Gasteiger partial charge on any atom is -0.309 e. The molecule has 7 aromatic carbocycles. The Morgan fingerprint density at radius 2 is 1.06 bits per heavy atom. The third-order valence-electron chi connectivity index (χ3n) is 10.3. The van der Waals surface area contributed by atoms with Crippen molar-refractivity contribution in [1.29, 1.82) is 0 Å². The van der Waals surface area contributed by atoms with Crippen molar-refractivity contribution in [2.75, 3.05) is 0 Å². The molecular weight excluding hydrogens is 567 g/mol. The molecule has 0 aliphatic heterocycles. The van der Waals surface area contributed by atoms with Crippen LogP contribution < -0.4 is 0 Å². The van der Waals surface area contributed by atoms with E-state index in [1.165, 1.54) is 77.6 Å². The van der Waals surface area contributed by atoms with E-state index in [9.17, 15) is 0 Å². The van der Waals surface area contributed by atoms with Gasteiger partial charge in [0.25, 0.3) is 0 Å². The van der Waals surface area contributed by atoms with E-state index in [-0.39, 0.29) is 11.3 Å². The number of benzene rings is 7. The van der Waals surface area contributed by atoms with Crippen molar-refractivity contribution in [1.82, 2.24) is 4.57 Å². The van der Waals surface area contributed by atoms with Crippen LogP contribution in [0.4, 0.5) is 0 Å². The summed E-state index contributed by atoms with van der Waals surface area (Å²) in [4.78, 5) is 0. The van der Waals surface area contributed by atoms with Gasteiger partial charge in [-0.25, -0.2) is 0 Å². The van der Waals surface area contributed by atoms with E-state index >= 15 is 0 Å². The van der Waals surface area contributed by atoms with Gasteiger partial charge in [0.2, 0.25) is 0 Å². The summed E-state index contributed by atoms with van der Waals surface area (Å²) in [6.45, 7) is 4.73. The van der Waals surface area contributed by atoms with Crippen molar-refractivity contribution in [2.45, 2.75) is 25.2 Å². The summed E-state index contributed by atoms with van der Waals surface area (Å²) in [5, 5.41) is 2.59. The van der Waals surface area contributed by atoms with Crippen molar-refractivity contribution < 1.29 is 0 Å². The molecule has 47 heavy (non-hydrogen) atoms. The van der Waals surface area contributed by atoms with Crippen molar-refractivity contribution in [2.24, 2.45) is 0 Å². The van der Waals surface area contributed by atoms with E-state index in [0.717, 1.165) is 0 Å². The second-order valence-electron chi connectivity index (χ2n) is 13.4. The average Bonchev–Trinajstić information content (AvgIpc) is 3.57. The van der Waals surface area contributed by atoms with Gasteiger partial charge in [-0.3, -0.25) is 0 Å². The molecule has 0 bridgehead atoms. The summed E-state index contributed by atoms with van der Waals surface area (Å²) in [5.41, 5.74) is 15.5. The lowest BCUT2D eigenvalue weighted by molar-refractivity contribution is 0.661. The highest BCUT2D eigenvalue weighted by atomic mass is 15.0. The van der Waals surface area contributed by atoms with Crippen LogP contribution in [-0.2, 0) is 5.41 Å². The third-order valence-corrected chi connectivity index (χ3v) is 10.3. The molecule has 0 amide bonds. The van der Waals surface area contributed by atoms with Gasteiger partial charge in [-0.1, -0.05) is 153 Å². The van der Waals surface area contributed by atoms with Crippen LogP contribution in [0.2, 0.25) is 0 Å². The third kappa shape index (κ3) is 4.38. The Bertz CT molecular complexity index is 2410. The van der Waals surface area contributed by atoms with E-state index < -0.39 is 0 Å². The maximum absolute atomic E-state index is 2.48. The first-order valence-corrected chi connectivity index (χ1v) is 16.6. The largest absolute Gasteiger partial charge is 0.309 e. The summed E-state index contributed by atoms with van der Waals surface area (Å²) >= 11 is 0. The maximum Gasteiger partial charge on any atom is 0.0544 e. The van der Waals surface area contributed by atoms with Crippen molar-refractivity contribution in [3.8, 4) is 27.9 Å². The fourth-order valence-corrected chi connectivity index (χ4v) is 8.01. The molecule has 0 N–H and O–H groups in total. The molecule has 1 nitrogen and oxygen atoms in total. The van der Waals surface area contributed by atoms with E-state index in [2.05, 4.69) is 188 Å². The second-order valence-corrected chi connectivity index (χ2v) is 13.4. The SMILES string of the molecule is CC1(C)c2ccccc2-c2cc3c4ccccc4n(-c4cccc(C(c5ccccc5)c5ccc(-c6ccccc6)cc5)c4)c3cc21. The summed E-state index contributed by atoms with van der Waals surface area (Å²) in [6.07, 6.45) is 0. The molecule has 1 aliphatic carbocycles. The molecule has 1 heteroatoms. The van der Waals surface area contributed by atoms with Gasteiger partial charge in [-0.2, -0.15) is 0 Å². The molecule has 0 radical (unpaired) electrons. The van der Waals surface area contributed by atoms with Gasteiger partial charge in [-0.05, 0) is 80.4 Å². The van der Waals surface area contributed by atoms with Crippen LogP contribution in [-0.4, -0.2) is 4.57 Å². The number of nitrogens with zero attached hydrogens (tertiary/aromatic N) is 1. The molecule has 0 saturated carbocycles. The lowest BCUT2D eigenvalue weighted by Gasteiger charge is -2.22. The smallest absolute Gasteiger partial charge is 0.0544 e. The fourth-order valence-electron chi connectivity index (χ4n) is 8.01. The lowest BCUT2D eigenvalue weighted by Crippen LogP contribution is -2.15. The Morgan fingerprint density at radius 1 is 0.426 bits per heavy atom. The van der Waals surface area contributed by atoms with Crippen molar-refractivity contribution >= 4 is 21.8 Å². The zero-order valence-corrected chi connectivity index (χ0v) is 26.7. The summed E-state index contributed by atoms with van der Waals surface area (Å²) < 4.78 is 2.48. The Labute approximate surface area is 276 Å². The quantitative estimate of drug-likeness (QED) is 0.173. The van der Waals surface area contributed by atoms with Crippen LogP contribution >= 0.6 is 0 Å². The zero-order chi connectivity index (χ0) is 31.5. The van der Waals surface area contributed by atoms with E-state index in [0.29, 0.717) is 0 Å². The molecule has 1 aliphatic rings. The predicted molar refractivity (Wildman–Crippen MR) is 198 cm³/mol. The van der Waals surface area contributed by atoms with Crippen molar-refractivity contribution in [3.05, 3.63) is 198 Å². The summed E-state index contributed by atoms with van der Waals surface area (Å²) in [6, 6.07) is 62.6.